The number of carbonyl (C=O) groups is 2. The Morgan fingerprint density at radius 3 is 1.37 bits per heavy atom. The number of allylic oxidation sites excluding steroid dienone is 15. The molecule has 1 rings (SSSR count). The van der Waals surface area contributed by atoms with Crippen LogP contribution in [0.3, 0.4) is 0 Å². The number of hydrogen-bond donors (Lipinski definition) is 6. The van der Waals surface area contributed by atoms with Crippen molar-refractivity contribution in [2.75, 3.05) is 13.2 Å². The summed E-state index contributed by atoms with van der Waals surface area (Å²) in [5, 5.41) is 57.0. The van der Waals surface area contributed by atoms with Crippen LogP contribution in [0.5, 0.6) is 0 Å². The maximum absolute atomic E-state index is 13.4. The Balaban J connectivity index is 2.65. The number of hydrogen-bond acceptors (Lipinski definition) is 10. The molecular formula is C70H121NO10. The van der Waals surface area contributed by atoms with Crippen molar-refractivity contribution in [3.05, 3.63) is 97.2 Å². The van der Waals surface area contributed by atoms with Crippen LogP contribution in [0.1, 0.15) is 271 Å². The molecule has 0 radical (unpaired) electrons. The summed E-state index contributed by atoms with van der Waals surface area (Å²) in [6.07, 6.45) is 65.9. The van der Waals surface area contributed by atoms with Gasteiger partial charge < -0.3 is 45.1 Å². The third-order valence-electron chi connectivity index (χ3n) is 15.1. The van der Waals surface area contributed by atoms with Crippen molar-refractivity contribution in [2.45, 2.75) is 320 Å². The predicted octanol–water partition coefficient (Wildman–Crippen LogP) is 16.3. The van der Waals surface area contributed by atoms with Gasteiger partial charge in [0.15, 0.2) is 12.4 Å². The molecule has 1 fully saturated rings. The Hall–Kier alpha value is -3.42. The monoisotopic (exact) mass is 1140 g/mol. The zero-order valence-electron chi connectivity index (χ0n) is 51.6. The molecule has 0 aliphatic carbocycles. The van der Waals surface area contributed by atoms with E-state index in [1.54, 1.807) is 6.08 Å². The summed E-state index contributed by atoms with van der Waals surface area (Å²) in [6.45, 7) is 5.63. The second kappa shape index (κ2) is 57.0. The highest BCUT2D eigenvalue weighted by Gasteiger charge is 2.47. The summed E-state index contributed by atoms with van der Waals surface area (Å²) < 4.78 is 17.6. The smallest absolute Gasteiger partial charge is 0.306 e. The van der Waals surface area contributed by atoms with Crippen LogP contribution in [0.4, 0.5) is 0 Å². The Morgan fingerprint density at radius 2 is 0.901 bits per heavy atom. The minimum atomic E-state index is -1.63. The zero-order valence-corrected chi connectivity index (χ0v) is 51.6. The van der Waals surface area contributed by atoms with E-state index in [9.17, 15) is 35.1 Å². The molecule has 1 aliphatic rings. The van der Waals surface area contributed by atoms with Crippen molar-refractivity contribution in [3.63, 3.8) is 0 Å². The Kier molecular flexibility index (Phi) is 53.2. The van der Waals surface area contributed by atoms with Crippen LogP contribution in [0.15, 0.2) is 97.2 Å². The third kappa shape index (κ3) is 44.7. The van der Waals surface area contributed by atoms with E-state index in [1.807, 2.05) is 72.9 Å². The molecule has 8 atom stereocenters. The van der Waals surface area contributed by atoms with E-state index in [-0.39, 0.29) is 19.4 Å². The van der Waals surface area contributed by atoms with Gasteiger partial charge in [-0.25, -0.2) is 0 Å². The molecule has 1 amide bonds. The van der Waals surface area contributed by atoms with Gasteiger partial charge in [-0.05, 0) is 70.6 Å². The van der Waals surface area contributed by atoms with Gasteiger partial charge in [-0.3, -0.25) is 9.59 Å². The number of rotatable bonds is 55. The molecule has 11 nitrogen and oxygen atoms in total. The number of aliphatic hydroxyl groups excluding tert-OH is 5. The van der Waals surface area contributed by atoms with Crippen LogP contribution in [0, 0.1) is 0 Å². The first kappa shape index (κ1) is 75.6. The van der Waals surface area contributed by atoms with E-state index in [0.29, 0.717) is 12.8 Å². The van der Waals surface area contributed by atoms with E-state index in [0.717, 1.165) is 64.2 Å². The summed E-state index contributed by atoms with van der Waals surface area (Å²) in [6, 6.07) is -1.05. The largest absolute Gasteiger partial charge is 0.454 e. The summed E-state index contributed by atoms with van der Waals surface area (Å²) in [7, 11) is 0. The van der Waals surface area contributed by atoms with Crippen LogP contribution in [0.25, 0.3) is 0 Å². The van der Waals surface area contributed by atoms with Crippen LogP contribution in [-0.4, -0.2) is 99.6 Å². The second-order valence-corrected chi connectivity index (χ2v) is 22.6. The predicted molar refractivity (Wildman–Crippen MR) is 338 cm³/mol. The lowest BCUT2D eigenvalue weighted by atomic mass is 9.99. The van der Waals surface area contributed by atoms with Gasteiger partial charge in [0.1, 0.15) is 24.4 Å². The summed E-state index contributed by atoms with van der Waals surface area (Å²) in [4.78, 5) is 26.6. The molecule has 0 saturated carbocycles. The number of aliphatic hydroxyl groups is 5. The van der Waals surface area contributed by atoms with Crippen molar-refractivity contribution in [3.8, 4) is 0 Å². The Labute approximate surface area is 495 Å². The van der Waals surface area contributed by atoms with E-state index in [4.69, 9.17) is 14.2 Å². The molecule has 1 saturated heterocycles. The van der Waals surface area contributed by atoms with Crippen molar-refractivity contribution < 1.29 is 49.3 Å². The number of esters is 1. The van der Waals surface area contributed by atoms with Crippen molar-refractivity contribution in [1.29, 1.82) is 0 Å². The van der Waals surface area contributed by atoms with Crippen molar-refractivity contribution in [1.82, 2.24) is 5.32 Å². The van der Waals surface area contributed by atoms with E-state index in [1.165, 1.54) is 161 Å². The highest BCUT2D eigenvalue weighted by molar-refractivity contribution is 5.80. The maximum atomic E-state index is 13.4. The van der Waals surface area contributed by atoms with Crippen molar-refractivity contribution in [2.24, 2.45) is 0 Å². The average molecular weight is 1140 g/mol. The molecule has 1 aliphatic heterocycles. The van der Waals surface area contributed by atoms with Crippen molar-refractivity contribution >= 4 is 11.9 Å². The lowest BCUT2D eigenvalue weighted by Crippen LogP contribution is -2.61. The minimum Gasteiger partial charge on any atom is -0.454 e. The van der Waals surface area contributed by atoms with Gasteiger partial charge in [0.2, 0.25) is 5.91 Å². The van der Waals surface area contributed by atoms with Gasteiger partial charge >= 0.3 is 5.97 Å². The number of unbranched alkanes of at least 4 members (excludes halogenated alkanes) is 32. The normalized spacial score (nSPS) is 19.3. The highest BCUT2D eigenvalue weighted by Crippen LogP contribution is 2.26. The number of carbonyl (C=O) groups excluding carboxylic acids is 2. The molecule has 0 aromatic rings. The first-order valence-electron chi connectivity index (χ1n) is 33.1. The van der Waals surface area contributed by atoms with E-state index >= 15 is 0 Å². The quantitative estimate of drug-likeness (QED) is 0.0149. The van der Waals surface area contributed by atoms with Crippen LogP contribution in [-0.2, 0) is 23.8 Å². The first-order valence-corrected chi connectivity index (χ1v) is 33.1. The fraction of sp³-hybridized carbons (Fsp3) is 0.743. The highest BCUT2D eigenvalue weighted by atomic mass is 16.7. The third-order valence-corrected chi connectivity index (χ3v) is 15.1. The average Bonchev–Trinajstić information content (AvgIpc) is 3.47. The molecule has 0 spiro atoms. The SMILES string of the molecule is CC\C=C/C=C/C=C/C=C\C=C\C=C\CCCCC(O)C(=O)NC(COC1OC(CO)C(O)C(O)C1OC(=O)CCCCCCCCCCCCCCC/C=C/CCCCCCCC)C(O)/C=C/CCCCCCCCCCCCC. The molecule has 8 unspecified atom stereocenters. The molecule has 0 bridgehead atoms. The number of nitrogens with one attached hydrogen (secondary N) is 1. The number of ether oxygens (including phenoxy) is 3. The summed E-state index contributed by atoms with van der Waals surface area (Å²) in [5.41, 5.74) is 0. The van der Waals surface area contributed by atoms with Gasteiger partial charge in [-0.15, -0.1) is 0 Å². The summed E-state index contributed by atoms with van der Waals surface area (Å²) >= 11 is 0. The van der Waals surface area contributed by atoms with Gasteiger partial charge in [0.05, 0.1) is 25.4 Å². The zero-order chi connectivity index (χ0) is 58.9. The maximum Gasteiger partial charge on any atom is 0.306 e. The van der Waals surface area contributed by atoms with Gasteiger partial charge in [-0.1, -0.05) is 291 Å². The van der Waals surface area contributed by atoms with Gasteiger partial charge in [0, 0.05) is 6.42 Å². The van der Waals surface area contributed by atoms with Crippen LogP contribution < -0.4 is 5.32 Å². The van der Waals surface area contributed by atoms with Gasteiger partial charge in [-0.2, -0.15) is 0 Å². The topological polar surface area (TPSA) is 175 Å². The minimum absolute atomic E-state index is 0.114. The lowest BCUT2D eigenvalue weighted by Gasteiger charge is -2.41. The molecular weight excluding hydrogens is 1010 g/mol. The fourth-order valence-corrected chi connectivity index (χ4v) is 9.91. The molecule has 0 aromatic carbocycles. The first-order chi connectivity index (χ1) is 39.7. The molecule has 6 N–H and O–H groups in total. The molecule has 81 heavy (non-hydrogen) atoms. The molecule has 1 heterocycles. The molecule has 0 aromatic heterocycles. The Bertz CT molecular complexity index is 1690. The van der Waals surface area contributed by atoms with Crippen LogP contribution >= 0.6 is 0 Å². The molecule has 11 heteroatoms. The van der Waals surface area contributed by atoms with E-state index in [2.05, 4.69) is 44.3 Å². The van der Waals surface area contributed by atoms with Gasteiger partial charge in [0.25, 0.3) is 0 Å². The lowest BCUT2D eigenvalue weighted by molar-refractivity contribution is -0.305. The van der Waals surface area contributed by atoms with E-state index < -0.39 is 67.4 Å². The standard InChI is InChI=1S/C70H121NO10/c1-4-7-10-13-16-19-22-25-27-29-30-31-32-33-34-35-37-40-43-46-49-52-55-58-65(75)81-68-67(77)66(76)64(59-72)80-70(68)79-60-61(62(73)56-53-50-47-44-41-38-24-21-18-15-12-9-6-3)71-69(78)63(74)57-54-51-48-45-42-39-36-28-26-23-20-17-14-11-8-5-2/h8,11,14,17,20,23,25-28,36,39,42,45,53,56,61-64,66-68,70,72-74,76-77H,4-7,9-10,12-13,15-16,18-19,21-22,24,29-35,37-38,40-41,43-44,46-52,54-55,57-60H2,1-3H3,(H,71,78)/b11-8-,17-14+,23-20+,27-25+,28-26-,39-36+,45-42+,56-53+. The number of amides is 1. The Morgan fingerprint density at radius 1 is 0.494 bits per heavy atom. The van der Waals surface area contributed by atoms with Crippen LogP contribution in [0.2, 0.25) is 0 Å². The fourth-order valence-electron chi connectivity index (χ4n) is 9.91. The summed E-state index contributed by atoms with van der Waals surface area (Å²) in [5.74, 6) is -1.24. The molecule has 466 valence electrons. The second-order valence-electron chi connectivity index (χ2n) is 22.6.